The van der Waals surface area contributed by atoms with Crippen molar-refractivity contribution in [2.45, 2.75) is 6.92 Å². The zero-order valence-corrected chi connectivity index (χ0v) is 13.8. The Morgan fingerprint density at radius 2 is 1.91 bits per heavy atom. The van der Waals surface area contributed by atoms with Crippen LogP contribution in [0.25, 0.3) is 0 Å². The van der Waals surface area contributed by atoms with Crippen LogP contribution in [0.4, 0.5) is 5.69 Å². The number of nitrogens with zero attached hydrogens (tertiary/aromatic N) is 2. The topological polar surface area (TPSA) is 72.9 Å². The van der Waals surface area contributed by atoms with Crippen LogP contribution in [-0.4, -0.2) is 59.4 Å². The number of halogens is 1. The van der Waals surface area contributed by atoms with E-state index in [-0.39, 0.29) is 24.1 Å². The smallest absolute Gasteiger partial charge is 0.246 e. The van der Waals surface area contributed by atoms with Crippen LogP contribution in [0.15, 0.2) is 24.8 Å². The van der Waals surface area contributed by atoms with Crippen LogP contribution in [0.1, 0.15) is 5.56 Å². The highest BCUT2D eigenvalue weighted by Gasteiger charge is 2.22. The second-order valence-electron chi connectivity index (χ2n) is 5.38. The lowest BCUT2D eigenvalue weighted by molar-refractivity contribution is -0.135. The van der Waals surface area contributed by atoms with Crippen molar-refractivity contribution in [2.75, 3.05) is 38.0 Å². The van der Waals surface area contributed by atoms with Crippen LogP contribution in [0.3, 0.4) is 0 Å². The number of anilines is 1. The quantitative estimate of drug-likeness (QED) is 0.647. The van der Waals surface area contributed by atoms with Crippen LogP contribution in [0, 0.1) is 6.92 Å². The van der Waals surface area contributed by atoms with Gasteiger partial charge in [-0.2, -0.15) is 0 Å². The van der Waals surface area contributed by atoms with E-state index < -0.39 is 0 Å². The van der Waals surface area contributed by atoms with Gasteiger partial charge in [0.25, 0.3) is 0 Å². The third-order valence-electron chi connectivity index (χ3n) is 3.83. The van der Waals surface area contributed by atoms with Crippen LogP contribution < -0.4 is 5.32 Å². The summed E-state index contributed by atoms with van der Waals surface area (Å²) in [6, 6.07) is 3.15. The Labute approximate surface area is 140 Å². The van der Waals surface area contributed by atoms with Crippen molar-refractivity contribution >= 4 is 29.1 Å². The van der Waals surface area contributed by atoms with Gasteiger partial charge in [-0.25, -0.2) is 0 Å². The van der Waals surface area contributed by atoms with E-state index in [1.165, 1.54) is 6.08 Å². The van der Waals surface area contributed by atoms with Gasteiger partial charge in [-0.3, -0.25) is 9.59 Å². The molecular formula is C16H20ClN3O3. The number of aryl methyl sites for hydroxylation is 1. The summed E-state index contributed by atoms with van der Waals surface area (Å²) in [4.78, 5) is 27.1. The molecule has 1 aromatic rings. The Bertz CT molecular complexity index is 625. The molecule has 0 unspecified atom stereocenters. The second kappa shape index (κ2) is 7.37. The third kappa shape index (κ3) is 4.16. The van der Waals surface area contributed by atoms with E-state index in [1.54, 1.807) is 28.9 Å². The molecule has 1 saturated heterocycles. The minimum atomic E-state index is -0.116. The van der Waals surface area contributed by atoms with Crippen LogP contribution in [0.5, 0.6) is 5.75 Å². The molecule has 1 aliphatic rings. The molecule has 6 nitrogen and oxygen atoms in total. The number of amides is 2. The lowest BCUT2D eigenvalue weighted by Gasteiger charge is -2.34. The van der Waals surface area contributed by atoms with Crippen molar-refractivity contribution in [3.8, 4) is 5.75 Å². The van der Waals surface area contributed by atoms with Gasteiger partial charge >= 0.3 is 0 Å². The molecule has 0 spiro atoms. The molecule has 1 aliphatic heterocycles. The van der Waals surface area contributed by atoms with Crippen molar-refractivity contribution in [1.82, 2.24) is 9.80 Å². The predicted molar refractivity (Wildman–Crippen MR) is 89.7 cm³/mol. The van der Waals surface area contributed by atoms with E-state index >= 15 is 0 Å². The Hall–Kier alpha value is -2.21. The van der Waals surface area contributed by atoms with Crippen molar-refractivity contribution in [3.63, 3.8) is 0 Å². The minimum Gasteiger partial charge on any atom is -0.506 e. The summed E-state index contributed by atoms with van der Waals surface area (Å²) in [6.07, 6.45) is 1.28. The molecule has 23 heavy (non-hydrogen) atoms. The summed E-state index contributed by atoms with van der Waals surface area (Å²) >= 11 is 6.02. The van der Waals surface area contributed by atoms with Gasteiger partial charge in [-0.15, -0.1) is 0 Å². The molecular weight excluding hydrogens is 318 g/mol. The Kier molecular flexibility index (Phi) is 5.50. The summed E-state index contributed by atoms with van der Waals surface area (Å²) in [6.45, 7) is 7.28. The number of hydrogen-bond donors (Lipinski definition) is 2. The Morgan fingerprint density at radius 1 is 1.30 bits per heavy atom. The summed E-state index contributed by atoms with van der Waals surface area (Å²) in [7, 11) is 0. The molecule has 7 heteroatoms. The fourth-order valence-corrected chi connectivity index (χ4v) is 2.56. The highest BCUT2D eigenvalue weighted by molar-refractivity contribution is 6.31. The fourth-order valence-electron chi connectivity index (χ4n) is 2.40. The van der Waals surface area contributed by atoms with Crippen molar-refractivity contribution in [1.29, 1.82) is 0 Å². The normalized spacial score (nSPS) is 14.5. The lowest BCUT2D eigenvalue weighted by Crippen LogP contribution is -2.51. The van der Waals surface area contributed by atoms with Crippen molar-refractivity contribution in [3.05, 3.63) is 35.4 Å². The second-order valence-corrected chi connectivity index (χ2v) is 5.79. The number of carbonyl (C=O) groups excluding carboxylic acids is 2. The van der Waals surface area contributed by atoms with E-state index in [1.807, 2.05) is 0 Å². The number of nitrogens with one attached hydrogen (secondary N) is 1. The highest BCUT2D eigenvalue weighted by Crippen LogP contribution is 2.29. The van der Waals surface area contributed by atoms with Crippen LogP contribution in [0.2, 0.25) is 5.02 Å². The van der Waals surface area contributed by atoms with Crippen molar-refractivity contribution in [2.24, 2.45) is 0 Å². The Balaban J connectivity index is 1.88. The molecule has 1 heterocycles. The number of aromatic hydroxyl groups is 1. The fraction of sp³-hybridized carbons (Fsp3) is 0.375. The number of piperazine rings is 1. The van der Waals surface area contributed by atoms with Gasteiger partial charge in [0.2, 0.25) is 11.8 Å². The van der Waals surface area contributed by atoms with Crippen LogP contribution in [-0.2, 0) is 9.59 Å². The standard InChI is InChI=1S/C16H20ClN3O3/c1-3-15(22)19-4-6-20(7-5-19)16(23)10-18-13-9-12(17)11(2)8-14(13)21/h3,8-9,18,21H,1,4-7,10H2,2H3. The van der Waals surface area contributed by atoms with E-state index in [0.717, 1.165) is 5.56 Å². The number of benzene rings is 1. The van der Waals surface area contributed by atoms with Gasteiger partial charge < -0.3 is 20.2 Å². The monoisotopic (exact) mass is 337 g/mol. The molecule has 124 valence electrons. The highest BCUT2D eigenvalue weighted by atomic mass is 35.5. The molecule has 2 amide bonds. The first kappa shape index (κ1) is 17.1. The van der Waals surface area contributed by atoms with E-state index in [4.69, 9.17) is 11.6 Å². The minimum absolute atomic E-state index is 0.0566. The van der Waals surface area contributed by atoms with Crippen molar-refractivity contribution < 1.29 is 14.7 Å². The SMILES string of the molecule is C=CC(=O)N1CCN(C(=O)CNc2cc(Cl)c(C)cc2O)CC1. The first-order chi connectivity index (χ1) is 10.9. The van der Waals surface area contributed by atoms with Gasteiger partial charge in [0.05, 0.1) is 12.2 Å². The zero-order valence-electron chi connectivity index (χ0n) is 13.0. The number of phenols is 1. The van der Waals surface area contributed by atoms with E-state index in [0.29, 0.717) is 36.9 Å². The molecule has 0 bridgehead atoms. The Morgan fingerprint density at radius 3 is 2.52 bits per heavy atom. The van der Waals surface area contributed by atoms with Gasteiger partial charge in [0.1, 0.15) is 5.75 Å². The summed E-state index contributed by atoms with van der Waals surface area (Å²) in [5, 5.41) is 13.3. The number of hydrogen-bond acceptors (Lipinski definition) is 4. The molecule has 0 aromatic heterocycles. The molecule has 2 N–H and O–H groups in total. The number of rotatable bonds is 4. The molecule has 0 saturated carbocycles. The summed E-state index contributed by atoms with van der Waals surface area (Å²) in [5.41, 5.74) is 1.19. The first-order valence-electron chi connectivity index (χ1n) is 7.34. The molecule has 1 fully saturated rings. The maximum absolute atomic E-state index is 12.2. The van der Waals surface area contributed by atoms with Gasteiger partial charge in [0.15, 0.2) is 0 Å². The maximum atomic E-state index is 12.2. The maximum Gasteiger partial charge on any atom is 0.246 e. The molecule has 0 atom stereocenters. The van der Waals surface area contributed by atoms with Gasteiger partial charge in [-0.05, 0) is 30.7 Å². The molecule has 1 aromatic carbocycles. The predicted octanol–water partition coefficient (Wildman–Crippen LogP) is 1.62. The molecule has 0 radical (unpaired) electrons. The van der Waals surface area contributed by atoms with Crippen LogP contribution >= 0.6 is 11.6 Å². The summed E-state index contributed by atoms with van der Waals surface area (Å²) in [5.74, 6) is -0.151. The first-order valence-corrected chi connectivity index (χ1v) is 7.72. The van der Waals surface area contributed by atoms with E-state index in [2.05, 4.69) is 11.9 Å². The van der Waals surface area contributed by atoms with Gasteiger partial charge in [0, 0.05) is 31.2 Å². The zero-order chi connectivity index (χ0) is 17.0. The average Bonchev–Trinajstić information content (AvgIpc) is 2.56. The van der Waals surface area contributed by atoms with E-state index in [9.17, 15) is 14.7 Å². The number of carbonyl (C=O) groups is 2. The average molecular weight is 338 g/mol. The molecule has 2 rings (SSSR count). The molecule has 0 aliphatic carbocycles. The van der Waals surface area contributed by atoms with Gasteiger partial charge in [-0.1, -0.05) is 18.2 Å². The summed E-state index contributed by atoms with van der Waals surface area (Å²) < 4.78 is 0. The number of phenolic OH excluding ortho intramolecular Hbond substituents is 1. The third-order valence-corrected chi connectivity index (χ3v) is 4.23. The largest absolute Gasteiger partial charge is 0.506 e. The lowest BCUT2D eigenvalue weighted by atomic mass is 10.2.